The van der Waals surface area contributed by atoms with E-state index < -0.39 is 0 Å². The molecule has 2 aromatic carbocycles. The van der Waals surface area contributed by atoms with Crippen molar-refractivity contribution in [3.8, 4) is 11.8 Å². The van der Waals surface area contributed by atoms with E-state index in [9.17, 15) is 15.0 Å². The fraction of sp³-hybridized carbons (Fsp3) is 0.167. The van der Waals surface area contributed by atoms with E-state index in [1.54, 1.807) is 42.5 Å². The average Bonchev–Trinajstić information content (AvgIpc) is 2.59. The van der Waals surface area contributed by atoms with E-state index in [1.807, 2.05) is 0 Å². The zero-order valence-corrected chi connectivity index (χ0v) is 12.2. The van der Waals surface area contributed by atoms with Crippen LogP contribution < -0.4 is 0 Å². The van der Waals surface area contributed by atoms with Crippen LogP contribution in [0.4, 0.5) is 0 Å². The van der Waals surface area contributed by atoms with Crippen molar-refractivity contribution in [2.75, 3.05) is 7.11 Å². The molecular formula is C18H16O4. The highest BCUT2D eigenvalue weighted by atomic mass is 16.5. The summed E-state index contributed by atoms with van der Waals surface area (Å²) in [5.74, 6) is 5.58. The van der Waals surface area contributed by atoms with E-state index in [-0.39, 0.29) is 19.2 Å². The molecule has 2 aromatic rings. The number of ether oxygens (including phenoxy) is 1. The predicted molar refractivity (Wildman–Crippen MR) is 82.0 cm³/mol. The molecule has 0 saturated carbocycles. The Morgan fingerprint density at radius 3 is 2.00 bits per heavy atom. The monoisotopic (exact) mass is 296 g/mol. The normalized spacial score (nSPS) is 9.77. The van der Waals surface area contributed by atoms with Crippen LogP contribution in [0.5, 0.6) is 0 Å². The molecule has 0 bridgehead atoms. The molecule has 4 heteroatoms. The summed E-state index contributed by atoms with van der Waals surface area (Å²) >= 11 is 0. The minimum absolute atomic E-state index is 0.101. The number of aliphatic hydroxyl groups is 2. The van der Waals surface area contributed by atoms with Crippen molar-refractivity contribution >= 4 is 5.97 Å². The molecule has 0 aromatic heterocycles. The highest BCUT2D eigenvalue weighted by molar-refractivity contribution is 5.89. The van der Waals surface area contributed by atoms with Crippen LogP contribution in [0.25, 0.3) is 0 Å². The van der Waals surface area contributed by atoms with Crippen LogP contribution >= 0.6 is 0 Å². The first-order chi connectivity index (χ1) is 10.7. The van der Waals surface area contributed by atoms with Crippen molar-refractivity contribution in [3.63, 3.8) is 0 Å². The topological polar surface area (TPSA) is 66.8 Å². The van der Waals surface area contributed by atoms with Crippen LogP contribution in [-0.2, 0) is 18.0 Å². The van der Waals surface area contributed by atoms with E-state index in [0.717, 1.165) is 5.56 Å². The molecule has 0 atom stereocenters. The number of rotatable bonds is 3. The van der Waals surface area contributed by atoms with Crippen LogP contribution in [0, 0.1) is 11.8 Å². The molecule has 0 aliphatic carbocycles. The highest BCUT2D eigenvalue weighted by Crippen LogP contribution is 2.11. The summed E-state index contributed by atoms with van der Waals surface area (Å²) in [7, 11) is 1.34. The van der Waals surface area contributed by atoms with Crippen LogP contribution in [-0.4, -0.2) is 23.3 Å². The first-order valence-corrected chi connectivity index (χ1v) is 6.71. The molecule has 0 spiro atoms. The number of hydrogen-bond acceptors (Lipinski definition) is 4. The number of carbonyl (C=O) groups is 1. The summed E-state index contributed by atoms with van der Waals surface area (Å²) in [6.07, 6.45) is 0. The molecule has 0 fully saturated rings. The van der Waals surface area contributed by atoms with Gasteiger partial charge in [0.2, 0.25) is 0 Å². The Labute approximate surface area is 129 Å². The second-order valence-corrected chi connectivity index (χ2v) is 4.67. The van der Waals surface area contributed by atoms with Gasteiger partial charge in [-0.05, 0) is 47.5 Å². The summed E-state index contributed by atoms with van der Waals surface area (Å²) in [4.78, 5) is 11.3. The van der Waals surface area contributed by atoms with Gasteiger partial charge in [0, 0.05) is 11.1 Å². The number of esters is 1. The molecule has 0 radical (unpaired) electrons. The standard InChI is InChI=1S/C18H16O4/c1-22-18(21)17-6-4-13(5-7-17)2-3-14-8-15(11-19)10-16(9-14)12-20/h4-10,19-20H,11-12H2,1H3. The Bertz CT molecular complexity index is 699. The molecule has 0 heterocycles. The van der Waals surface area contributed by atoms with Gasteiger partial charge in [0.1, 0.15) is 0 Å². The quantitative estimate of drug-likeness (QED) is 0.670. The smallest absolute Gasteiger partial charge is 0.337 e. The third-order valence-corrected chi connectivity index (χ3v) is 3.07. The lowest BCUT2D eigenvalue weighted by atomic mass is 10.1. The second kappa shape index (κ2) is 7.41. The minimum Gasteiger partial charge on any atom is -0.465 e. The number of methoxy groups -OCH3 is 1. The van der Waals surface area contributed by atoms with Crippen molar-refractivity contribution in [2.24, 2.45) is 0 Å². The molecule has 2 rings (SSSR count). The van der Waals surface area contributed by atoms with Crippen molar-refractivity contribution in [1.29, 1.82) is 0 Å². The molecule has 112 valence electrons. The SMILES string of the molecule is COC(=O)c1ccc(C#Cc2cc(CO)cc(CO)c2)cc1. The van der Waals surface area contributed by atoms with Crippen molar-refractivity contribution in [3.05, 3.63) is 70.3 Å². The summed E-state index contributed by atoms with van der Waals surface area (Å²) in [6.45, 7) is -0.202. The van der Waals surface area contributed by atoms with E-state index in [2.05, 4.69) is 16.6 Å². The molecule has 0 aliphatic heterocycles. The van der Waals surface area contributed by atoms with Gasteiger partial charge in [-0.15, -0.1) is 0 Å². The van der Waals surface area contributed by atoms with E-state index in [0.29, 0.717) is 22.3 Å². The van der Waals surface area contributed by atoms with Gasteiger partial charge in [-0.2, -0.15) is 0 Å². The van der Waals surface area contributed by atoms with Crippen molar-refractivity contribution in [1.82, 2.24) is 0 Å². The minimum atomic E-state index is -0.386. The lowest BCUT2D eigenvalue weighted by molar-refractivity contribution is 0.0600. The van der Waals surface area contributed by atoms with E-state index >= 15 is 0 Å². The lowest BCUT2D eigenvalue weighted by Gasteiger charge is -2.02. The first-order valence-electron chi connectivity index (χ1n) is 6.71. The van der Waals surface area contributed by atoms with Crippen LogP contribution in [0.15, 0.2) is 42.5 Å². The van der Waals surface area contributed by atoms with Gasteiger partial charge in [0.05, 0.1) is 25.9 Å². The Morgan fingerprint density at radius 1 is 0.955 bits per heavy atom. The molecule has 4 nitrogen and oxygen atoms in total. The van der Waals surface area contributed by atoms with Gasteiger partial charge < -0.3 is 14.9 Å². The van der Waals surface area contributed by atoms with Gasteiger partial charge in [-0.1, -0.05) is 17.9 Å². The van der Waals surface area contributed by atoms with Crippen molar-refractivity contribution < 1.29 is 19.7 Å². The van der Waals surface area contributed by atoms with Crippen LogP contribution in [0.3, 0.4) is 0 Å². The highest BCUT2D eigenvalue weighted by Gasteiger charge is 2.03. The number of benzene rings is 2. The van der Waals surface area contributed by atoms with Gasteiger partial charge in [0.15, 0.2) is 0 Å². The molecule has 0 saturated heterocycles. The molecule has 0 aliphatic rings. The van der Waals surface area contributed by atoms with E-state index in [1.165, 1.54) is 7.11 Å². The molecule has 22 heavy (non-hydrogen) atoms. The fourth-order valence-corrected chi connectivity index (χ4v) is 1.97. The van der Waals surface area contributed by atoms with Crippen LogP contribution in [0.2, 0.25) is 0 Å². The third-order valence-electron chi connectivity index (χ3n) is 3.07. The van der Waals surface area contributed by atoms with E-state index in [4.69, 9.17) is 0 Å². The molecule has 0 amide bonds. The zero-order chi connectivity index (χ0) is 15.9. The number of aliphatic hydroxyl groups excluding tert-OH is 2. The average molecular weight is 296 g/mol. The number of carbonyl (C=O) groups excluding carboxylic acids is 1. The fourth-order valence-electron chi connectivity index (χ4n) is 1.97. The van der Waals surface area contributed by atoms with Gasteiger partial charge in [0.25, 0.3) is 0 Å². The first kappa shape index (κ1) is 15.8. The molecular weight excluding hydrogens is 280 g/mol. The Morgan fingerprint density at radius 2 is 1.50 bits per heavy atom. The maximum absolute atomic E-state index is 11.3. The van der Waals surface area contributed by atoms with Gasteiger partial charge in [-0.25, -0.2) is 4.79 Å². The largest absolute Gasteiger partial charge is 0.465 e. The maximum Gasteiger partial charge on any atom is 0.337 e. The second-order valence-electron chi connectivity index (χ2n) is 4.67. The number of hydrogen-bond donors (Lipinski definition) is 2. The Balaban J connectivity index is 2.24. The maximum atomic E-state index is 11.3. The summed E-state index contributed by atoms with van der Waals surface area (Å²) in [5.41, 5.74) is 3.35. The third kappa shape index (κ3) is 3.95. The Kier molecular flexibility index (Phi) is 5.31. The lowest BCUT2D eigenvalue weighted by Crippen LogP contribution is -2.00. The summed E-state index contributed by atoms with van der Waals surface area (Å²) in [6, 6.07) is 12.1. The summed E-state index contributed by atoms with van der Waals surface area (Å²) in [5, 5.41) is 18.4. The van der Waals surface area contributed by atoms with Crippen molar-refractivity contribution in [2.45, 2.75) is 13.2 Å². The molecule has 2 N–H and O–H groups in total. The van der Waals surface area contributed by atoms with Gasteiger partial charge >= 0.3 is 5.97 Å². The van der Waals surface area contributed by atoms with Crippen LogP contribution in [0.1, 0.15) is 32.6 Å². The predicted octanol–water partition coefficient (Wildman–Crippen LogP) is 1.86. The molecule has 0 unspecified atom stereocenters. The Hall–Kier alpha value is -2.61. The van der Waals surface area contributed by atoms with Gasteiger partial charge in [-0.3, -0.25) is 0 Å². The zero-order valence-electron chi connectivity index (χ0n) is 12.2. The summed E-state index contributed by atoms with van der Waals surface area (Å²) < 4.78 is 4.63.